The highest BCUT2D eigenvalue weighted by Crippen LogP contribution is 2.21. The van der Waals surface area contributed by atoms with Gasteiger partial charge < -0.3 is 14.5 Å². The number of aromatic amines is 1. The van der Waals surface area contributed by atoms with Crippen LogP contribution in [0.4, 0.5) is 0 Å². The molecule has 0 amide bonds. The summed E-state index contributed by atoms with van der Waals surface area (Å²) in [7, 11) is 0. The number of esters is 2. The van der Waals surface area contributed by atoms with Crippen molar-refractivity contribution in [2.24, 2.45) is 0 Å². The van der Waals surface area contributed by atoms with Crippen LogP contribution in [0.25, 0.3) is 0 Å². The van der Waals surface area contributed by atoms with Crippen molar-refractivity contribution in [2.45, 2.75) is 41.5 Å². The summed E-state index contributed by atoms with van der Waals surface area (Å²) in [6.07, 6.45) is 0. The molecular formula is C21H25NO5. The number of carbonyl (C=O) groups is 3. The Kier molecular flexibility index (Phi) is 6.20. The molecule has 0 spiro atoms. The number of hydrogen-bond acceptors (Lipinski definition) is 5. The van der Waals surface area contributed by atoms with Gasteiger partial charge in [-0.1, -0.05) is 6.07 Å². The number of aromatic nitrogens is 1. The fourth-order valence-corrected chi connectivity index (χ4v) is 3.01. The average Bonchev–Trinajstić information content (AvgIpc) is 2.90. The third-order valence-corrected chi connectivity index (χ3v) is 4.60. The van der Waals surface area contributed by atoms with E-state index < -0.39 is 11.9 Å². The Labute approximate surface area is 158 Å². The number of ketones is 1. The monoisotopic (exact) mass is 371 g/mol. The van der Waals surface area contributed by atoms with E-state index in [1.54, 1.807) is 20.8 Å². The van der Waals surface area contributed by atoms with Gasteiger partial charge in [0.15, 0.2) is 6.61 Å². The Morgan fingerprint density at radius 3 is 2.15 bits per heavy atom. The third-order valence-electron chi connectivity index (χ3n) is 4.60. The molecule has 2 aromatic rings. The quantitative estimate of drug-likeness (QED) is 0.617. The van der Waals surface area contributed by atoms with E-state index in [0.717, 1.165) is 16.7 Å². The molecule has 0 bridgehead atoms. The predicted molar refractivity (Wildman–Crippen MR) is 101 cm³/mol. The number of carbonyl (C=O) groups excluding carboxylic acids is 3. The van der Waals surface area contributed by atoms with Crippen LogP contribution in [0.3, 0.4) is 0 Å². The lowest BCUT2D eigenvalue weighted by Gasteiger charge is -2.10. The van der Waals surface area contributed by atoms with Gasteiger partial charge in [-0.2, -0.15) is 0 Å². The number of hydrogen-bond donors (Lipinski definition) is 1. The highest BCUT2D eigenvalue weighted by molar-refractivity contribution is 6.02. The summed E-state index contributed by atoms with van der Waals surface area (Å²) in [4.78, 5) is 39.8. The van der Waals surface area contributed by atoms with Crippen LogP contribution >= 0.6 is 0 Å². The van der Waals surface area contributed by atoms with E-state index in [-0.39, 0.29) is 30.3 Å². The third kappa shape index (κ3) is 4.27. The van der Waals surface area contributed by atoms with Gasteiger partial charge in [-0.05, 0) is 69.9 Å². The van der Waals surface area contributed by atoms with Crippen molar-refractivity contribution < 1.29 is 23.9 Å². The van der Waals surface area contributed by atoms with Gasteiger partial charge in [-0.15, -0.1) is 0 Å². The van der Waals surface area contributed by atoms with E-state index in [1.165, 1.54) is 0 Å². The minimum Gasteiger partial charge on any atom is -0.461 e. The fourth-order valence-electron chi connectivity index (χ4n) is 3.01. The Hall–Kier alpha value is -2.89. The Morgan fingerprint density at radius 2 is 1.52 bits per heavy atom. The summed E-state index contributed by atoms with van der Waals surface area (Å²) in [6.45, 7) is 10.7. The van der Waals surface area contributed by atoms with Crippen LogP contribution in [-0.2, 0) is 9.47 Å². The zero-order valence-corrected chi connectivity index (χ0v) is 16.6. The molecule has 0 aliphatic heterocycles. The van der Waals surface area contributed by atoms with Crippen LogP contribution in [0.2, 0.25) is 0 Å². The highest BCUT2D eigenvalue weighted by Gasteiger charge is 2.24. The first-order valence-corrected chi connectivity index (χ1v) is 8.81. The molecule has 0 saturated carbocycles. The molecule has 0 aliphatic rings. The number of aryl methyl sites for hydroxylation is 4. The largest absolute Gasteiger partial charge is 0.461 e. The normalized spacial score (nSPS) is 10.6. The van der Waals surface area contributed by atoms with Gasteiger partial charge in [0.05, 0.1) is 12.2 Å². The molecule has 1 aromatic carbocycles. The van der Waals surface area contributed by atoms with Crippen molar-refractivity contribution in [1.82, 2.24) is 4.98 Å². The summed E-state index contributed by atoms with van der Waals surface area (Å²) in [5, 5.41) is 0. The van der Waals surface area contributed by atoms with Crippen LogP contribution < -0.4 is 0 Å². The SMILES string of the molecule is CCOC(=O)c1[nH]c(C)c(C(=O)OCC(=O)c2cc(C)c(C)cc2C)c1C. The molecule has 27 heavy (non-hydrogen) atoms. The Morgan fingerprint density at radius 1 is 0.889 bits per heavy atom. The molecular weight excluding hydrogens is 346 g/mol. The predicted octanol–water partition coefficient (Wildman–Crippen LogP) is 3.77. The molecule has 6 heteroatoms. The number of rotatable bonds is 6. The van der Waals surface area contributed by atoms with Gasteiger partial charge >= 0.3 is 11.9 Å². The van der Waals surface area contributed by atoms with Crippen LogP contribution in [0, 0.1) is 34.6 Å². The number of benzene rings is 1. The first kappa shape index (κ1) is 20.4. The van der Waals surface area contributed by atoms with Gasteiger partial charge in [0.2, 0.25) is 5.78 Å². The van der Waals surface area contributed by atoms with Crippen molar-refractivity contribution in [2.75, 3.05) is 13.2 Å². The standard InChI is InChI=1S/C21H25NO5/c1-7-26-21(25)19-14(5)18(15(6)22-19)20(24)27-10-17(23)16-9-12(3)11(2)8-13(16)4/h8-9,22H,7,10H2,1-6H3. The molecule has 1 N–H and O–H groups in total. The van der Waals surface area contributed by atoms with Crippen molar-refractivity contribution in [3.8, 4) is 0 Å². The number of nitrogens with one attached hydrogen (secondary N) is 1. The maximum Gasteiger partial charge on any atom is 0.355 e. The highest BCUT2D eigenvalue weighted by atomic mass is 16.5. The summed E-state index contributed by atoms with van der Waals surface area (Å²) in [5.41, 5.74) is 4.91. The fraction of sp³-hybridized carbons (Fsp3) is 0.381. The second-order valence-electron chi connectivity index (χ2n) is 6.60. The lowest BCUT2D eigenvalue weighted by atomic mass is 9.98. The van der Waals surface area contributed by atoms with E-state index in [9.17, 15) is 14.4 Å². The van der Waals surface area contributed by atoms with Crippen molar-refractivity contribution in [3.05, 3.63) is 56.9 Å². The van der Waals surface area contributed by atoms with E-state index in [0.29, 0.717) is 16.8 Å². The van der Waals surface area contributed by atoms with Crippen LogP contribution in [0.1, 0.15) is 66.1 Å². The summed E-state index contributed by atoms with van der Waals surface area (Å²) in [6, 6.07) is 3.75. The van der Waals surface area contributed by atoms with Crippen molar-refractivity contribution in [3.63, 3.8) is 0 Å². The van der Waals surface area contributed by atoms with Crippen molar-refractivity contribution >= 4 is 17.7 Å². The minimum absolute atomic E-state index is 0.220. The van der Waals surface area contributed by atoms with Gasteiger partial charge in [0, 0.05) is 11.3 Å². The maximum atomic E-state index is 12.5. The summed E-state index contributed by atoms with van der Waals surface area (Å²) in [5.74, 6) is -1.44. The average molecular weight is 371 g/mol. The topological polar surface area (TPSA) is 85.5 Å². The molecule has 144 valence electrons. The van der Waals surface area contributed by atoms with Crippen LogP contribution in [0.5, 0.6) is 0 Å². The second kappa shape index (κ2) is 8.20. The van der Waals surface area contributed by atoms with Gasteiger partial charge in [-0.3, -0.25) is 4.79 Å². The minimum atomic E-state index is -0.647. The second-order valence-corrected chi connectivity index (χ2v) is 6.60. The molecule has 1 heterocycles. The molecule has 0 unspecified atom stereocenters. The summed E-state index contributed by atoms with van der Waals surface area (Å²) >= 11 is 0. The lowest BCUT2D eigenvalue weighted by molar-refractivity contribution is 0.0473. The van der Waals surface area contributed by atoms with Crippen LogP contribution in [0.15, 0.2) is 12.1 Å². The summed E-state index contributed by atoms with van der Waals surface area (Å²) < 4.78 is 10.2. The van der Waals surface area contributed by atoms with Gasteiger partial charge in [0.25, 0.3) is 0 Å². The molecule has 2 rings (SSSR count). The van der Waals surface area contributed by atoms with Gasteiger partial charge in [-0.25, -0.2) is 9.59 Å². The number of ether oxygens (including phenoxy) is 2. The number of Topliss-reactive ketones (excluding diaryl/α,β-unsaturated/α-hetero) is 1. The van der Waals surface area contributed by atoms with Gasteiger partial charge in [0.1, 0.15) is 5.69 Å². The molecule has 0 atom stereocenters. The molecule has 1 aromatic heterocycles. The number of H-pyrrole nitrogens is 1. The van der Waals surface area contributed by atoms with E-state index >= 15 is 0 Å². The molecule has 0 saturated heterocycles. The molecule has 0 radical (unpaired) electrons. The smallest absolute Gasteiger partial charge is 0.355 e. The Bertz CT molecular complexity index is 908. The van der Waals surface area contributed by atoms with Crippen LogP contribution in [-0.4, -0.2) is 35.9 Å². The Balaban J connectivity index is 2.16. The first-order chi connectivity index (χ1) is 12.7. The van der Waals surface area contributed by atoms with Crippen molar-refractivity contribution in [1.29, 1.82) is 0 Å². The molecule has 0 aliphatic carbocycles. The first-order valence-electron chi connectivity index (χ1n) is 8.81. The maximum absolute atomic E-state index is 12.5. The van der Waals surface area contributed by atoms with E-state index in [4.69, 9.17) is 9.47 Å². The van der Waals surface area contributed by atoms with E-state index in [1.807, 2.05) is 32.9 Å². The molecule has 6 nitrogen and oxygen atoms in total. The zero-order valence-electron chi connectivity index (χ0n) is 16.6. The zero-order chi connectivity index (χ0) is 20.3. The lowest BCUT2D eigenvalue weighted by Crippen LogP contribution is -2.16. The molecule has 0 fully saturated rings. The van der Waals surface area contributed by atoms with E-state index in [2.05, 4.69) is 4.98 Å².